The Bertz CT molecular complexity index is 669. The van der Waals surface area contributed by atoms with Gasteiger partial charge in [0.2, 0.25) is 0 Å². The zero-order valence-electron chi connectivity index (χ0n) is 14.4. The van der Waals surface area contributed by atoms with Crippen LogP contribution < -0.4 is 15.8 Å². The Morgan fingerprint density at radius 1 is 1.33 bits per heavy atom. The summed E-state index contributed by atoms with van der Waals surface area (Å²) >= 11 is 0. The first-order valence-corrected chi connectivity index (χ1v) is 7.62. The van der Waals surface area contributed by atoms with Gasteiger partial charge in [0.25, 0.3) is 5.91 Å². The smallest absolute Gasteiger partial charge is 0.272 e. The monoisotopic (exact) mass is 352 g/mol. The minimum Gasteiger partial charge on any atom is -0.497 e. The number of rotatable bonds is 6. The largest absolute Gasteiger partial charge is 0.497 e. The Morgan fingerprint density at radius 3 is 2.46 bits per heavy atom. The first-order valence-electron chi connectivity index (χ1n) is 7.62. The molecule has 1 aromatic carbocycles. The number of carbonyl (C=O) groups excluding carboxylic acids is 1. The normalized spacial score (nSPS) is 13.1. The summed E-state index contributed by atoms with van der Waals surface area (Å²) in [6, 6.07) is 9.15. The van der Waals surface area contributed by atoms with Crippen LogP contribution in [0.25, 0.3) is 5.69 Å². The van der Waals surface area contributed by atoms with Crippen molar-refractivity contribution in [2.45, 2.75) is 26.3 Å². The van der Waals surface area contributed by atoms with E-state index in [1.165, 1.54) is 0 Å². The summed E-state index contributed by atoms with van der Waals surface area (Å²) in [5.74, 6) is 0.772. The molecule has 2 rings (SSSR count). The zero-order chi connectivity index (χ0) is 17.0. The summed E-state index contributed by atoms with van der Waals surface area (Å²) in [4.78, 5) is 12.4. The van der Waals surface area contributed by atoms with Crippen molar-refractivity contribution >= 4 is 18.3 Å². The highest BCUT2D eigenvalue weighted by Crippen LogP contribution is 2.17. The minimum atomic E-state index is -0.457. The van der Waals surface area contributed by atoms with Crippen molar-refractivity contribution < 1.29 is 9.53 Å². The second-order valence-electron chi connectivity index (χ2n) is 6.07. The zero-order valence-corrected chi connectivity index (χ0v) is 15.3. The van der Waals surface area contributed by atoms with E-state index >= 15 is 0 Å². The standard InChI is InChI=1S/C17H24N4O2.ClH/c1-12(2)17(3,11-18)19-16(22)15-9-10-21(20-15)13-5-7-14(23-4)8-6-13;/h5-10,12H,11,18H2,1-4H3,(H,19,22);1H. The Balaban J connectivity index is 0.00000288. The van der Waals surface area contributed by atoms with Crippen LogP contribution in [0, 0.1) is 5.92 Å². The maximum atomic E-state index is 12.4. The molecule has 1 aromatic heterocycles. The minimum absolute atomic E-state index is 0. The van der Waals surface area contributed by atoms with Gasteiger partial charge in [-0.3, -0.25) is 4.79 Å². The second-order valence-corrected chi connectivity index (χ2v) is 6.07. The van der Waals surface area contributed by atoms with Crippen molar-refractivity contribution in [3.05, 3.63) is 42.2 Å². The Kier molecular flexibility index (Phi) is 6.81. The molecule has 1 amide bonds. The van der Waals surface area contributed by atoms with Gasteiger partial charge in [-0.05, 0) is 43.2 Å². The summed E-state index contributed by atoms with van der Waals surface area (Å²) < 4.78 is 6.79. The van der Waals surface area contributed by atoms with Gasteiger partial charge in [0.1, 0.15) is 5.75 Å². The Hall–Kier alpha value is -2.05. The van der Waals surface area contributed by atoms with Gasteiger partial charge in [-0.25, -0.2) is 4.68 Å². The van der Waals surface area contributed by atoms with E-state index in [1.54, 1.807) is 24.1 Å². The quantitative estimate of drug-likeness (QED) is 0.836. The summed E-state index contributed by atoms with van der Waals surface area (Å²) in [5, 5.41) is 7.32. The number of benzene rings is 1. The number of nitrogens with two attached hydrogens (primary N) is 1. The summed E-state index contributed by atoms with van der Waals surface area (Å²) in [7, 11) is 1.62. The van der Waals surface area contributed by atoms with E-state index in [2.05, 4.69) is 10.4 Å². The first-order chi connectivity index (χ1) is 10.9. The molecule has 2 aromatic rings. The highest BCUT2D eigenvalue weighted by molar-refractivity contribution is 5.92. The predicted octanol–water partition coefficient (Wildman–Crippen LogP) is 2.41. The third-order valence-electron chi connectivity index (χ3n) is 4.26. The van der Waals surface area contributed by atoms with E-state index in [4.69, 9.17) is 10.5 Å². The van der Waals surface area contributed by atoms with E-state index in [0.29, 0.717) is 12.2 Å². The number of hydrogen-bond acceptors (Lipinski definition) is 4. The van der Waals surface area contributed by atoms with Crippen molar-refractivity contribution in [3.63, 3.8) is 0 Å². The average molecular weight is 353 g/mol. The first kappa shape index (κ1) is 20.0. The summed E-state index contributed by atoms with van der Waals surface area (Å²) in [6.45, 7) is 6.37. The van der Waals surface area contributed by atoms with Crippen LogP contribution in [-0.2, 0) is 0 Å². The molecule has 7 heteroatoms. The number of nitrogens with one attached hydrogen (secondary N) is 1. The Labute approximate surface area is 148 Å². The lowest BCUT2D eigenvalue weighted by Crippen LogP contribution is -2.55. The van der Waals surface area contributed by atoms with E-state index in [0.717, 1.165) is 11.4 Å². The fourth-order valence-electron chi connectivity index (χ4n) is 2.08. The van der Waals surface area contributed by atoms with Gasteiger partial charge in [0.05, 0.1) is 18.3 Å². The maximum Gasteiger partial charge on any atom is 0.272 e. The average Bonchev–Trinajstić information content (AvgIpc) is 3.04. The molecule has 1 unspecified atom stereocenters. The number of amides is 1. The summed E-state index contributed by atoms with van der Waals surface area (Å²) in [5.41, 5.74) is 6.57. The number of carbonyl (C=O) groups is 1. The maximum absolute atomic E-state index is 12.4. The molecule has 0 saturated heterocycles. The fraction of sp³-hybridized carbons (Fsp3) is 0.412. The van der Waals surface area contributed by atoms with Crippen molar-refractivity contribution in [1.29, 1.82) is 0 Å². The third kappa shape index (κ3) is 4.27. The van der Waals surface area contributed by atoms with Crippen LogP contribution in [-0.4, -0.2) is 34.9 Å². The topological polar surface area (TPSA) is 82.2 Å². The van der Waals surface area contributed by atoms with Crippen LogP contribution in [0.5, 0.6) is 5.75 Å². The van der Waals surface area contributed by atoms with Crippen LogP contribution in [0.4, 0.5) is 0 Å². The molecule has 1 heterocycles. The molecule has 0 spiro atoms. The van der Waals surface area contributed by atoms with Gasteiger partial charge in [0.15, 0.2) is 5.69 Å². The molecule has 1 atom stereocenters. The van der Waals surface area contributed by atoms with Gasteiger partial charge in [-0.2, -0.15) is 5.10 Å². The second kappa shape index (κ2) is 8.17. The van der Waals surface area contributed by atoms with E-state index in [-0.39, 0.29) is 24.2 Å². The number of halogens is 1. The van der Waals surface area contributed by atoms with Gasteiger partial charge in [0, 0.05) is 12.7 Å². The highest BCUT2D eigenvalue weighted by atomic mass is 35.5. The number of nitrogens with zero attached hydrogens (tertiary/aromatic N) is 2. The molecule has 0 fully saturated rings. The van der Waals surface area contributed by atoms with E-state index in [1.807, 2.05) is 45.0 Å². The van der Waals surface area contributed by atoms with Crippen molar-refractivity contribution in [2.24, 2.45) is 11.7 Å². The van der Waals surface area contributed by atoms with Crippen LogP contribution >= 0.6 is 12.4 Å². The number of hydrogen-bond donors (Lipinski definition) is 2. The van der Waals surface area contributed by atoms with E-state index in [9.17, 15) is 4.79 Å². The van der Waals surface area contributed by atoms with E-state index < -0.39 is 5.54 Å². The van der Waals surface area contributed by atoms with Crippen LogP contribution in [0.2, 0.25) is 0 Å². The molecule has 0 aliphatic heterocycles. The molecule has 0 aliphatic carbocycles. The molecule has 0 radical (unpaired) electrons. The lowest BCUT2D eigenvalue weighted by molar-refractivity contribution is 0.0877. The summed E-state index contributed by atoms with van der Waals surface area (Å²) in [6.07, 6.45) is 1.76. The van der Waals surface area contributed by atoms with Crippen LogP contribution in [0.15, 0.2) is 36.5 Å². The number of ether oxygens (including phenoxy) is 1. The lowest BCUT2D eigenvalue weighted by Gasteiger charge is -2.33. The molecule has 132 valence electrons. The number of methoxy groups -OCH3 is 1. The molecular formula is C17H25ClN4O2. The van der Waals surface area contributed by atoms with Gasteiger partial charge in [-0.1, -0.05) is 13.8 Å². The fourth-order valence-corrected chi connectivity index (χ4v) is 2.08. The SMILES string of the molecule is COc1ccc(-n2ccc(C(=O)NC(C)(CN)C(C)C)n2)cc1.Cl. The Morgan fingerprint density at radius 2 is 1.96 bits per heavy atom. The highest BCUT2D eigenvalue weighted by Gasteiger charge is 2.29. The molecule has 0 saturated carbocycles. The molecule has 0 bridgehead atoms. The number of aromatic nitrogens is 2. The van der Waals surface area contributed by atoms with Crippen LogP contribution in [0.3, 0.4) is 0 Å². The van der Waals surface area contributed by atoms with Crippen molar-refractivity contribution in [3.8, 4) is 11.4 Å². The molecule has 24 heavy (non-hydrogen) atoms. The van der Waals surface area contributed by atoms with Crippen molar-refractivity contribution in [2.75, 3.05) is 13.7 Å². The van der Waals surface area contributed by atoms with Gasteiger partial charge in [-0.15, -0.1) is 12.4 Å². The molecule has 6 nitrogen and oxygen atoms in total. The van der Waals surface area contributed by atoms with Gasteiger partial charge >= 0.3 is 0 Å². The molecule has 3 N–H and O–H groups in total. The van der Waals surface area contributed by atoms with Gasteiger partial charge < -0.3 is 15.8 Å². The molecule has 0 aliphatic rings. The van der Waals surface area contributed by atoms with Crippen LogP contribution in [0.1, 0.15) is 31.3 Å². The third-order valence-corrected chi connectivity index (χ3v) is 4.26. The predicted molar refractivity (Wildman–Crippen MR) is 97.1 cm³/mol. The van der Waals surface area contributed by atoms with Crippen molar-refractivity contribution in [1.82, 2.24) is 15.1 Å². The lowest BCUT2D eigenvalue weighted by atomic mass is 9.88. The molecular weight excluding hydrogens is 328 g/mol.